The molecule has 1 aromatic heterocycles. The van der Waals surface area contributed by atoms with E-state index in [0.717, 1.165) is 31.7 Å². The molecule has 17 heavy (non-hydrogen) atoms. The van der Waals surface area contributed by atoms with Gasteiger partial charge < -0.3 is 10.5 Å². The summed E-state index contributed by atoms with van der Waals surface area (Å²) >= 11 is 0. The van der Waals surface area contributed by atoms with Gasteiger partial charge in [0.15, 0.2) is 0 Å². The normalized spacial score (nSPS) is 12.9. The lowest BCUT2D eigenvalue weighted by atomic mass is 10.1. The fourth-order valence-corrected chi connectivity index (χ4v) is 1.73. The average molecular weight is 237 g/mol. The maximum absolute atomic E-state index is 5.87. The highest BCUT2D eigenvalue weighted by molar-refractivity contribution is 5.38. The van der Waals surface area contributed by atoms with Gasteiger partial charge in [-0.2, -0.15) is 0 Å². The van der Waals surface area contributed by atoms with Gasteiger partial charge in [0.05, 0.1) is 6.61 Å². The van der Waals surface area contributed by atoms with Crippen molar-refractivity contribution in [3.63, 3.8) is 0 Å². The van der Waals surface area contributed by atoms with Crippen molar-refractivity contribution in [2.24, 2.45) is 0 Å². The van der Waals surface area contributed by atoms with Crippen molar-refractivity contribution in [1.82, 2.24) is 9.88 Å². The molecule has 1 atom stereocenters. The molecule has 1 rings (SSSR count). The zero-order chi connectivity index (χ0) is 12.7. The Balaban J connectivity index is 2.68. The molecule has 0 saturated carbocycles. The second-order valence-electron chi connectivity index (χ2n) is 4.27. The van der Waals surface area contributed by atoms with Crippen LogP contribution in [0.1, 0.15) is 25.8 Å². The summed E-state index contributed by atoms with van der Waals surface area (Å²) in [4.78, 5) is 6.49. The highest BCUT2D eigenvalue weighted by atomic mass is 16.5. The van der Waals surface area contributed by atoms with Crippen LogP contribution in [0, 0.1) is 0 Å². The fraction of sp³-hybridized carbons (Fsp3) is 0.615. The number of hydrogen-bond acceptors (Lipinski definition) is 4. The Morgan fingerprint density at radius 2 is 2.29 bits per heavy atom. The van der Waals surface area contributed by atoms with E-state index in [4.69, 9.17) is 10.5 Å². The monoisotopic (exact) mass is 237 g/mol. The Morgan fingerprint density at radius 1 is 1.53 bits per heavy atom. The zero-order valence-electron chi connectivity index (χ0n) is 11.0. The smallest absolute Gasteiger partial charge is 0.127 e. The zero-order valence-corrected chi connectivity index (χ0v) is 11.0. The first-order valence-corrected chi connectivity index (χ1v) is 6.11. The predicted molar refractivity (Wildman–Crippen MR) is 70.7 cm³/mol. The predicted octanol–water partition coefficient (Wildman–Crippen LogP) is 1.91. The van der Waals surface area contributed by atoms with Gasteiger partial charge >= 0.3 is 0 Å². The van der Waals surface area contributed by atoms with Crippen LogP contribution < -0.4 is 5.73 Å². The van der Waals surface area contributed by atoms with E-state index >= 15 is 0 Å². The summed E-state index contributed by atoms with van der Waals surface area (Å²) < 4.78 is 5.15. The Morgan fingerprint density at radius 3 is 2.88 bits per heavy atom. The summed E-state index contributed by atoms with van der Waals surface area (Å²) in [6, 6.07) is 4.48. The summed E-state index contributed by atoms with van der Waals surface area (Å²) in [5.74, 6) is 0.623. The van der Waals surface area contributed by atoms with E-state index in [9.17, 15) is 0 Å². The molecule has 1 aromatic rings. The molecule has 0 radical (unpaired) electrons. The first kappa shape index (κ1) is 13.9. The van der Waals surface area contributed by atoms with E-state index in [1.54, 1.807) is 13.3 Å². The second kappa shape index (κ2) is 7.25. The number of ether oxygens (including phenoxy) is 1. The second-order valence-corrected chi connectivity index (χ2v) is 4.27. The highest BCUT2D eigenvalue weighted by Crippen LogP contribution is 2.14. The maximum atomic E-state index is 5.87. The number of nitrogen functional groups attached to an aromatic ring is 1. The van der Waals surface area contributed by atoms with Gasteiger partial charge in [0.1, 0.15) is 5.82 Å². The minimum Gasteiger partial charge on any atom is -0.383 e. The Kier molecular flexibility index (Phi) is 5.94. The van der Waals surface area contributed by atoms with Crippen molar-refractivity contribution in [3.05, 3.63) is 23.9 Å². The van der Waals surface area contributed by atoms with Crippen LogP contribution in [-0.2, 0) is 11.3 Å². The Hall–Kier alpha value is -1.13. The third-order valence-corrected chi connectivity index (χ3v) is 3.10. The number of methoxy groups -OCH3 is 1. The summed E-state index contributed by atoms with van der Waals surface area (Å²) in [7, 11) is 1.73. The molecule has 0 spiro atoms. The van der Waals surface area contributed by atoms with Crippen LogP contribution in [-0.4, -0.2) is 36.2 Å². The third-order valence-electron chi connectivity index (χ3n) is 3.10. The maximum Gasteiger partial charge on any atom is 0.127 e. The molecule has 2 N–H and O–H groups in total. The van der Waals surface area contributed by atoms with Crippen LogP contribution in [0.3, 0.4) is 0 Å². The van der Waals surface area contributed by atoms with Gasteiger partial charge in [0, 0.05) is 38.0 Å². The van der Waals surface area contributed by atoms with Crippen molar-refractivity contribution in [2.45, 2.75) is 32.9 Å². The summed E-state index contributed by atoms with van der Waals surface area (Å²) in [6.45, 7) is 6.90. The summed E-state index contributed by atoms with van der Waals surface area (Å²) in [5, 5.41) is 0. The fourth-order valence-electron chi connectivity index (χ4n) is 1.73. The molecule has 0 aliphatic rings. The molecule has 0 aromatic carbocycles. The number of anilines is 1. The van der Waals surface area contributed by atoms with Crippen LogP contribution in [0.2, 0.25) is 0 Å². The Bertz CT molecular complexity index is 330. The van der Waals surface area contributed by atoms with Gasteiger partial charge in [-0.3, -0.25) is 4.90 Å². The summed E-state index contributed by atoms with van der Waals surface area (Å²) in [6.07, 6.45) is 2.84. The van der Waals surface area contributed by atoms with Gasteiger partial charge in [0.2, 0.25) is 0 Å². The highest BCUT2D eigenvalue weighted by Gasteiger charge is 2.13. The van der Waals surface area contributed by atoms with Crippen LogP contribution in [0.4, 0.5) is 5.82 Å². The lowest BCUT2D eigenvalue weighted by Gasteiger charge is -2.28. The van der Waals surface area contributed by atoms with E-state index in [1.807, 2.05) is 12.1 Å². The Labute approximate surface area is 104 Å². The first-order chi connectivity index (χ1) is 8.19. The van der Waals surface area contributed by atoms with Gasteiger partial charge in [-0.25, -0.2) is 4.98 Å². The van der Waals surface area contributed by atoms with Gasteiger partial charge in [-0.15, -0.1) is 0 Å². The van der Waals surface area contributed by atoms with Crippen molar-refractivity contribution < 1.29 is 4.74 Å². The van der Waals surface area contributed by atoms with Crippen molar-refractivity contribution in [1.29, 1.82) is 0 Å². The SMILES string of the molecule is CCC(C)N(CCOC)Cc1cccnc1N. The molecule has 1 heterocycles. The van der Waals surface area contributed by atoms with Crippen LogP contribution in [0.25, 0.3) is 0 Å². The molecule has 0 aliphatic heterocycles. The molecule has 1 unspecified atom stereocenters. The minimum absolute atomic E-state index is 0.518. The lowest BCUT2D eigenvalue weighted by Crippen LogP contribution is -2.35. The van der Waals surface area contributed by atoms with Gasteiger partial charge in [-0.1, -0.05) is 13.0 Å². The van der Waals surface area contributed by atoms with Gasteiger partial charge in [-0.05, 0) is 19.4 Å². The first-order valence-electron chi connectivity index (χ1n) is 6.11. The lowest BCUT2D eigenvalue weighted by molar-refractivity contribution is 0.118. The van der Waals surface area contributed by atoms with Crippen LogP contribution >= 0.6 is 0 Å². The molecular weight excluding hydrogens is 214 g/mol. The molecular formula is C13H23N3O. The molecule has 4 heteroatoms. The van der Waals surface area contributed by atoms with Gasteiger partial charge in [0.25, 0.3) is 0 Å². The van der Waals surface area contributed by atoms with Crippen molar-refractivity contribution >= 4 is 5.82 Å². The number of hydrogen-bond donors (Lipinski definition) is 1. The standard InChI is InChI=1S/C13H23N3O/c1-4-11(2)16(8-9-17-3)10-12-6-5-7-15-13(12)14/h5-7,11H,4,8-10H2,1-3H3,(H2,14,15). The molecule has 4 nitrogen and oxygen atoms in total. The molecule has 0 aliphatic carbocycles. The van der Waals surface area contributed by atoms with E-state index in [2.05, 4.69) is 23.7 Å². The molecule has 0 bridgehead atoms. The van der Waals surface area contributed by atoms with Crippen molar-refractivity contribution in [2.75, 3.05) is 26.0 Å². The molecule has 0 saturated heterocycles. The largest absolute Gasteiger partial charge is 0.383 e. The topological polar surface area (TPSA) is 51.4 Å². The van der Waals surface area contributed by atoms with E-state index in [1.165, 1.54) is 0 Å². The van der Waals surface area contributed by atoms with Crippen LogP contribution in [0.15, 0.2) is 18.3 Å². The molecule has 96 valence electrons. The number of nitrogens with zero attached hydrogens (tertiary/aromatic N) is 2. The third kappa shape index (κ3) is 4.32. The molecule has 0 amide bonds. The number of aromatic nitrogens is 1. The minimum atomic E-state index is 0.518. The number of pyridine rings is 1. The number of nitrogens with two attached hydrogens (primary N) is 1. The van der Waals surface area contributed by atoms with Crippen LogP contribution in [0.5, 0.6) is 0 Å². The van der Waals surface area contributed by atoms with E-state index < -0.39 is 0 Å². The molecule has 0 fully saturated rings. The number of rotatable bonds is 7. The van der Waals surface area contributed by atoms with E-state index in [0.29, 0.717) is 11.9 Å². The average Bonchev–Trinajstić information content (AvgIpc) is 2.35. The van der Waals surface area contributed by atoms with E-state index in [-0.39, 0.29) is 0 Å². The van der Waals surface area contributed by atoms with Crippen molar-refractivity contribution in [3.8, 4) is 0 Å². The quantitative estimate of drug-likeness (QED) is 0.787. The summed E-state index contributed by atoms with van der Waals surface area (Å²) in [5.41, 5.74) is 6.96.